The number of rotatable bonds is 2. The van der Waals surface area contributed by atoms with Crippen LogP contribution in [0.2, 0.25) is 0 Å². The number of nitrogens with one attached hydrogen (secondary N) is 1. The van der Waals surface area contributed by atoms with Gasteiger partial charge in [-0.1, -0.05) is 13.8 Å². The summed E-state index contributed by atoms with van der Waals surface area (Å²) in [6.45, 7) is 11.0. The predicted molar refractivity (Wildman–Crippen MR) is 64.0 cm³/mol. The van der Waals surface area contributed by atoms with Gasteiger partial charge in [-0.3, -0.25) is 0 Å². The Labute approximate surface area is 91.8 Å². The van der Waals surface area contributed by atoms with Crippen LogP contribution in [0.5, 0.6) is 0 Å². The Morgan fingerprint density at radius 1 is 1.36 bits per heavy atom. The Kier molecular flexibility index (Phi) is 3.40. The van der Waals surface area contributed by atoms with Crippen molar-refractivity contribution in [2.24, 2.45) is 5.92 Å². The molecule has 2 nitrogen and oxygen atoms in total. The minimum absolute atomic E-state index is 0.519. The number of nitrogens with zero attached hydrogens (tertiary/aromatic N) is 1. The molecule has 1 unspecified atom stereocenters. The molecule has 0 saturated carbocycles. The predicted octanol–water partition coefficient (Wildman–Crippen LogP) is 1.42. The van der Waals surface area contributed by atoms with Gasteiger partial charge in [-0.2, -0.15) is 11.8 Å². The van der Waals surface area contributed by atoms with Crippen LogP contribution in [0.1, 0.15) is 20.3 Å². The fourth-order valence-electron chi connectivity index (χ4n) is 2.45. The Balaban J connectivity index is 1.83. The lowest BCUT2D eigenvalue weighted by atomic mass is 9.92. The van der Waals surface area contributed by atoms with Gasteiger partial charge in [0.05, 0.1) is 0 Å². The van der Waals surface area contributed by atoms with Crippen molar-refractivity contribution in [1.29, 1.82) is 0 Å². The van der Waals surface area contributed by atoms with E-state index < -0.39 is 0 Å². The van der Waals surface area contributed by atoms with Crippen molar-refractivity contribution >= 4 is 11.8 Å². The van der Waals surface area contributed by atoms with Gasteiger partial charge >= 0.3 is 0 Å². The van der Waals surface area contributed by atoms with Crippen LogP contribution in [0, 0.1) is 5.92 Å². The van der Waals surface area contributed by atoms with Crippen LogP contribution in [0.3, 0.4) is 0 Å². The third-order valence-electron chi connectivity index (χ3n) is 3.61. The summed E-state index contributed by atoms with van der Waals surface area (Å²) < 4.78 is 0.519. The Morgan fingerprint density at radius 2 is 2.07 bits per heavy atom. The third-order valence-corrected chi connectivity index (χ3v) is 5.13. The zero-order valence-corrected chi connectivity index (χ0v) is 10.2. The SMILES string of the molecule is CC1(C)SCCC1CN1CCNCC1. The average Bonchev–Trinajstić information content (AvgIpc) is 2.48. The molecule has 0 radical (unpaired) electrons. The minimum atomic E-state index is 0.519. The molecule has 2 aliphatic heterocycles. The van der Waals surface area contributed by atoms with Gasteiger partial charge in [0, 0.05) is 37.5 Å². The van der Waals surface area contributed by atoms with Gasteiger partial charge in [-0.05, 0) is 18.1 Å². The van der Waals surface area contributed by atoms with Crippen LogP contribution in [0.25, 0.3) is 0 Å². The first-order valence-electron chi connectivity index (χ1n) is 5.75. The van der Waals surface area contributed by atoms with Gasteiger partial charge in [-0.25, -0.2) is 0 Å². The fraction of sp³-hybridized carbons (Fsp3) is 1.00. The van der Waals surface area contributed by atoms with Gasteiger partial charge in [0.25, 0.3) is 0 Å². The summed E-state index contributed by atoms with van der Waals surface area (Å²) >= 11 is 2.15. The summed E-state index contributed by atoms with van der Waals surface area (Å²) in [5, 5.41) is 3.41. The van der Waals surface area contributed by atoms with Crippen molar-refractivity contribution in [2.75, 3.05) is 38.5 Å². The second-order valence-corrected chi connectivity index (χ2v) is 6.74. The van der Waals surface area contributed by atoms with Crippen LogP contribution < -0.4 is 5.32 Å². The molecule has 2 rings (SSSR count). The molecule has 2 saturated heterocycles. The summed E-state index contributed by atoms with van der Waals surface area (Å²) in [6, 6.07) is 0. The molecule has 1 atom stereocenters. The van der Waals surface area contributed by atoms with E-state index in [1.165, 1.54) is 44.9 Å². The van der Waals surface area contributed by atoms with Crippen LogP contribution >= 0.6 is 11.8 Å². The van der Waals surface area contributed by atoms with Crippen LogP contribution in [0.4, 0.5) is 0 Å². The van der Waals surface area contributed by atoms with Crippen molar-refractivity contribution in [2.45, 2.75) is 25.0 Å². The molecule has 0 spiro atoms. The van der Waals surface area contributed by atoms with Crippen LogP contribution in [0.15, 0.2) is 0 Å². The highest BCUT2D eigenvalue weighted by atomic mass is 32.2. The van der Waals surface area contributed by atoms with E-state index in [2.05, 4.69) is 35.8 Å². The maximum absolute atomic E-state index is 3.41. The molecule has 0 aromatic rings. The van der Waals surface area contributed by atoms with Crippen molar-refractivity contribution in [3.63, 3.8) is 0 Å². The monoisotopic (exact) mass is 214 g/mol. The molecule has 1 N–H and O–H groups in total. The molecular formula is C11H22N2S. The molecule has 82 valence electrons. The highest BCUT2D eigenvalue weighted by Gasteiger charge is 2.36. The summed E-state index contributed by atoms with van der Waals surface area (Å²) in [5.74, 6) is 2.27. The Hall–Kier alpha value is 0.270. The Bertz CT molecular complexity index is 188. The van der Waals surface area contributed by atoms with E-state index in [1.807, 2.05) is 0 Å². The molecular weight excluding hydrogens is 192 g/mol. The molecule has 14 heavy (non-hydrogen) atoms. The van der Waals surface area contributed by atoms with Crippen molar-refractivity contribution < 1.29 is 0 Å². The molecule has 2 aliphatic rings. The van der Waals surface area contributed by atoms with E-state index in [-0.39, 0.29) is 0 Å². The highest BCUT2D eigenvalue weighted by molar-refractivity contribution is 8.00. The van der Waals surface area contributed by atoms with E-state index in [0.717, 1.165) is 5.92 Å². The van der Waals surface area contributed by atoms with E-state index in [4.69, 9.17) is 0 Å². The fourth-order valence-corrected chi connectivity index (χ4v) is 3.80. The topological polar surface area (TPSA) is 15.3 Å². The second kappa shape index (κ2) is 4.42. The number of hydrogen-bond acceptors (Lipinski definition) is 3. The highest BCUT2D eigenvalue weighted by Crippen LogP contribution is 2.42. The first-order chi connectivity index (χ1) is 6.68. The largest absolute Gasteiger partial charge is 0.314 e. The van der Waals surface area contributed by atoms with Crippen LogP contribution in [-0.2, 0) is 0 Å². The molecule has 2 fully saturated rings. The first-order valence-corrected chi connectivity index (χ1v) is 6.74. The minimum Gasteiger partial charge on any atom is -0.314 e. The van der Waals surface area contributed by atoms with Crippen molar-refractivity contribution in [3.8, 4) is 0 Å². The molecule has 0 aromatic heterocycles. The molecule has 0 bridgehead atoms. The molecule has 2 heterocycles. The molecule has 3 heteroatoms. The Morgan fingerprint density at radius 3 is 2.64 bits per heavy atom. The van der Waals surface area contributed by atoms with Gasteiger partial charge in [0.15, 0.2) is 0 Å². The average molecular weight is 214 g/mol. The number of piperazine rings is 1. The lowest BCUT2D eigenvalue weighted by Gasteiger charge is -2.34. The lowest BCUT2D eigenvalue weighted by molar-refractivity contribution is 0.192. The first kappa shape index (κ1) is 10.8. The number of thioether (sulfide) groups is 1. The van der Waals surface area contributed by atoms with E-state index in [9.17, 15) is 0 Å². The van der Waals surface area contributed by atoms with Crippen molar-refractivity contribution in [3.05, 3.63) is 0 Å². The normalized spacial score (nSPS) is 33.4. The third kappa shape index (κ3) is 2.44. The summed E-state index contributed by atoms with van der Waals surface area (Å²) in [7, 11) is 0. The second-order valence-electron chi connectivity index (χ2n) is 4.99. The smallest absolute Gasteiger partial charge is 0.0144 e. The summed E-state index contributed by atoms with van der Waals surface area (Å²) in [6.07, 6.45) is 1.42. The maximum atomic E-state index is 3.41. The van der Waals surface area contributed by atoms with E-state index in [1.54, 1.807) is 0 Å². The standard InChI is InChI=1S/C11H22N2S/c1-11(2)10(3-8-14-11)9-13-6-4-12-5-7-13/h10,12H,3-9H2,1-2H3. The summed E-state index contributed by atoms with van der Waals surface area (Å²) in [4.78, 5) is 2.63. The molecule has 0 amide bonds. The maximum Gasteiger partial charge on any atom is 0.0144 e. The zero-order chi connectivity index (χ0) is 10.0. The zero-order valence-electron chi connectivity index (χ0n) is 9.38. The van der Waals surface area contributed by atoms with E-state index in [0.29, 0.717) is 4.75 Å². The quantitative estimate of drug-likeness (QED) is 0.748. The van der Waals surface area contributed by atoms with Gasteiger partial charge in [0.2, 0.25) is 0 Å². The van der Waals surface area contributed by atoms with E-state index >= 15 is 0 Å². The molecule has 0 aromatic carbocycles. The van der Waals surface area contributed by atoms with Gasteiger partial charge in [-0.15, -0.1) is 0 Å². The van der Waals surface area contributed by atoms with Crippen LogP contribution in [-0.4, -0.2) is 48.1 Å². The van der Waals surface area contributed by atoms with Gasteiger partial charge in [0.1, 0.15) is 0 Å². The lowest BCUT2D eigenvalue weighted by Crippen LogP contribution is -2.47. The number of hydrogen-bond donors (Lipinski definition) is 1. The summed E-state index contributed by atoms with van der Waals surface area (Å²) in [5.41, 5.74) is 0. The van der Waals surface area contributed by atoms with Gasteiger partial charge < -0.3 is 10.2 Å². The van der Waals surface area contributed by atoms with Crippen molar-refractivity contribution in [1.82, 2.24) is 10.2 Å². The molecule has 0 aliphatic carbocycles.